The summed E-state index contributed by atoms with van der Waals surface area (Å²) in [7, 11) is 2.17. The molecule has 4 aromatic rings. The summed E-state index contributed by atoms with van der Waals surface area (Å²) in [5, 5.41) is 9.13. The van der Waals surface area contributed by atoms with Crippen LogP contribution in [-0.4, -0.2) is 57.7 Å². The van der Waals surface area contributed by atoms with E-state index in [4.69, 9.17) is 4.98 Å². The second-order valence-corrected chi connectivity index (χ2v) is 7.70. The van der Waals surface area contributed by atoms with Crippen molar-refractivity contribution in [2.45, 2.75) is 13.5 Å². The Hall–Kier alpha value is -3.19. The molecular weight excluding hydrogens is 362 g/mol. The number of rotatable bonds is 4. The maximum Gasteiger partial charge on any atom is 0.158 e. The molecule has 3 aromatic heterocycles. The predicted octanol–water partition coefficient (Wildman–Crippen LogP) is 2.95. The SMILES string of the molecule is Cc1cc2nc(NCc3ccc(N4CCN(C)CC4)nc3)c3ccccc3n2n1. The van der Waals surface area contributed by atoms with Crippen LogP contribution < -0.4 is 10.2 Å². The van der Waals surface area contributed by atoms with Crippen LogP contribution in [0.4, 0.5) is 11.6 Å². The Bertz CT molecular complexity index is 1140. The summed E-state index contributed by atoms with van der Waals surface area (Å²) < 4.78 is 1.91. The highest BCUT2D eigenvalue weighted by Crippen LogP contribution is 2.24. The van der Waals surface area contributed by atoms with Gasteiger partial charge in [-0.2, -0.15) is 5.10 Å². The Morgan fingerprint density at radius 2 is 1.86 bits per heavy atom. The molecule has 0 bridgehead atoms. The summed E-state index contributed by atoms with van der Waals surface area (Å²) in [4.78, 5) is 14.2. The van der Waals surface area contributed by atoms with Crippen molar-refractivity contribution < 1.29 is 0 Å². The van der Waals surface area contributed by atoms with Crippen molar-refractivity contribution in [2.75, 3.05) is 43.4 Å². The molecule has 1 fully saturated rings. The lowest BCUT2D eigenvalue weighted by Gasteiger charge is -2.33. The summed E-state index contributed by atoms with van der Waals surface area (Å²) in [6.45, 7) is 6.89. The van der Waals surface area contributed by atoms with Gasteiger partial charge >= 0.3 is 0 Å². The number of hydrogen-bond acceptors (Lipinski definition) is 6. The van der Waals surface area contributed by atoms with Gasteiger partial charge in [0, 0.05) is 50.4 Å². The van der Waals surface area contributed by atoms with E-state index >= 15 is 0 Å². The Morgan fingerprint density at radius 3 is 2.66 bits per heavy atom. The third-order valence-corrected chi connectivity index (χ3v) is 5.52. The zero-order valence-electron chi connectivity index (χ0n) is 16.8. The molecule has 0 unspecified atom stereocenters. The number of para-hydroxylation sites is 1. The highest BCUT2D eigenvalue weighted by atomic mass is 15.3. The quantitative estimate of drug-likeness (QED) is 0.581. The van der Waals surface area contributed by atoms with Gasteiger partial charge in [0.25, 0.3) is 0 Å². The molecule has 4 heterocycles. The van der Waals surface area contributed by atoms with Crippen LogP contribution in [0, 0.1) is 6.92 Å². The number of aromatic nitrogens is 4. The van der Waals surface area contributed by atoms with Crippen LogP contribution in [-0.2, 0) is 6.54 Å². The number of aryl methyl sites for hydroxylation is 1. The third-order valence-electron chi connectivity index (χ3n) is 5.52. The number of pyridine rings is 1. The molecule has 1 aliphatic heterocycles. The number of benzene rings is 1. The first kappa shape index (κ1) is 17.9. The van der Waals surface area contributed by atoms with E-state index in [1.165, 1.54) is 0 Å². The number of likely N-dealkylation sites (N-methyl/N-ethyl adjacent to an activating group) is 1. The average Bonchev–Trinajstić information content (AvgIpc) is 3.13. The van der Waals surface area contributed by atoms with Gasteiger partial charge in [-0.25, -0.2) is 14.5 Å². The van der Waals surface area contributed by atoms with Gasteiger partial charge in [0.05, 0.1) is 11.2 Å². The number of fused-ring (bicyclic) bond motifs is 3. The van der Waals surface area contributed by atoms with Crippen LogP contribution in [0.25, 0.3) is 16.6 Å². The molecule has 0 spiro atoms. The van der Waals surface area contributed by atoms with Gasteiger partial charge in [0.2, 0.25) is 0 Å². The number of nitrogens with one attached hydrogen (secondary N) is 1. The van der Waals surface area contributed by atoms with E-state index < -0.39 is 0 Å². The van der Waals surface area contributed by atoms with Crippen LogP contribution in [0.2, 0.25) is 0 Å². The van der Waals surface area contributed by atoms with Crippen LogP contribution >= 0.6 is 0 Å². The Balaban J connectivity index is 1.36. The predicted molar refractivity (Wildman–Crippen MR) is 117 cm³/mol. The Kier molecular flexibility index (Phi) is 4.52. The van der Waals surface area contributed by atoms with Gasteiger partial charge in [0.15, 0.2) is 5.65 Å². The highest BCUT2D eigenvalue weighted by Gasteiger charge is 2.15. The summed E-state index contributed by atoms with van der Waals surface area (Å²) in [5.74, 6) is 1.93. The minimum absolute atomic E-state index is 0.677. The van der Waals surface area contributed by atoms with E-state index in [0.29, 0.717) is 6.54 Å². The third kappa shape index (κ3) is 3.49. The van der Waals surface area contributed by atoms with Crippen molar-refractivity contribution in [3.05, 3.63) is 59.9 Å². The molecule has 1 aromatic carbocycles. The van der Waals surface area contributed by atoms with Crippen LogP contribution in [0.5, 0.6) is 0 Å². The lowest BCUT2D eigenvalue weighted by Crippen LogP contribution is -2.44. The molecule has 5 rings (SSSR count). The van der Waals surface area contributed by atoms with Gasteiger partial charge in [-0.3, -0.25) is 0 Å². The molecule has 7 nitrogen and oxygen atoms in total. The lowest BCUT2D eigenvalue weighted by atomic mass is 10.2. The summed E-state index contributed by atoms with van der Waals surface area (Å²) in [6.07, 6.45) is 1.96. The number of anilines is 2. The van der Waals surface area contributed by atoms with Crippen molar-refractivity contribution in [3.63, 3.8) is 0 Å². The molecule has 29 heavy (non-hydrogen) atoms. The number of hydrogen-bond donors (Lipinski definition) is 1. The first-order valence-electron chi connectivity index (χ1n) is 10.0. The molecule has 1 N–H and O–H groups in total. The van der Waals surface area contributed by atoms with Crippen LogP contribution in [0.15, 0.2) is 48.7 Å². The fraction of sp³-hybridized carbons (Fsp3) is 0.318. The molecule has 148 valence electrons. The van der Waals surface area contributed by atoms with Crippen molar-refractivity contribution >= 4 is 28.2 Å². The smallest absolute Gasteiger partial charge is 0.158 e. The Morgan fingerprint density at radius 1 is 1.03 bits per heavy atom. The second kappa shape index (κ2) is 7.33. The van der Waals surface area contributed by atoms with E-state index in [2.05, 4.69) is 56.5 Å². The van der Waals surface area contributed by atoms with Crippen LogP contribution in [0.3, 0.4) is 0 Å². The highest BCUT2D eigenvalue weighted by molar-refractivity contribution is 5.91. The van der Waals surface area contributed by atoms with Gasteiger partial charge in [-0.15, -0.1) is 0 Å². The molecule has 7 heteroatoms. The minimum Gasteiger partial charge on any atom is -0.365 e. The maximum absolute atomic E-state index is 4.79. The van der Waals surface area contributed by atoms with Crippen molar-refractivity contribution in [3.8, 4) is 0 Å². The summed E-state index contributed by atoms with van der Waals surface area (Å²) in [6, 6.07) is 14.5. The lowest BCUT2D eigenvalue weighted by molar-refractivity contribution is 0.312. The Labute approximate surface area is 170 Å². The van der Waals surface area contributed by atoms with Crippen LogP contribution in [0.1, 0.15) is 11.3 Å². The fourth-order valence-corrected chi connectivity index (χ4v) is 3.84. The van der Waals surface area contributed by atoms with Crippen molar-refractivity contribution in [1.29, 1.82) is 0 Å². The van der Waals surface area contributed by atoms with E-state index in [1.54, 1.807) is 0 Å². The largest absolute Gasteiger partial charge is 0.365 e. The topological polar surface area (TPSA) is 61.6 Å². The molecule has 0 saturated carbocycles. The molecule has 0 amide bonds. The fourth-order valence-electron chi connectivity index (χ4n) is 3.84. The van der Waals surface area contributed by atoms with Gasteiger partial charge in [-0.05, 0) is 37.7 Å². The van der Waals surface area contributed by atoms with E-state index in [9.17, 15) is 0 Å². The normalized spacial score (nSPS) is 15.3. The minimum atomic E-state index is 0.677. The zero-order valence-corrected chi connectivity index (χ0v) is 16.8. The van der Waals surface area contributed by atoms with Gasteiger partial charge in [0.1, 0.15) is 11.6 Å². The van der Waals surface area contributed by atoms with Gasteiger partial charge < -0.3 is 15.1 Å². The molecule has 0 radical (unpaired) electrons. The zero-order chi connectivity index (χ0) is 19.8. The standard InChI is InChI=1S/C22H25N7/c1-16-13-21-25-22(18-5-3-4-6-19(18)29(21)26-16)24-15-17-7-8-20(23-14-17)28-11-9-27(2)10-12-28/h3-8,13-14H,9-12,15H2,1-2H3,(H,24,25). The molecule has 1 aliphatic rings. The molecule has 1 saturated heterocycles. The molecular formula is C22H25N7. The molecule has 0 atom stereocenters. The van der Waals surface area contributed by atoms with Gasteiger partial charge in [-0.1, -0.05) is 18.2 Å². The molecule has 0 aliphatic carbocycles. The van der Waals surface area contributed by atoms with Crippen molar-refractivity contribution in [2.24, 2.45) is 0 Å². The van der Waals surface area contributed by atoms with E-state index in [1.807, 2.05) is 35.8 Å². The second-order valence-electron chi connectivity index (χ2n) is 7.70. The van der Waals surface area contributed by atoms with E-state index in [0.717, 1.165) is 65.6 Å². The summed E-state index contributed by atoms with van der Waals surface area (Å²) >= 11 is 0. The van der Waals surface area contributed by atoms with E-state index in [-0.39, 0.29) is 0 Å². The monoisotopic (exact) mass is 387 g/mol. The number of nitrogens with zero attached hydrogens (tertiary/aromatic N) is 6. The first-order chi connectivity index (χ1) is 14.2. The number of piperazine rings is 1. The maximum atomic E-state index is 4.79. The summed E-state index contributed by atoms with van der Waals surface area (Å²) in [5.41, 5.74) is 4.01. The first-order valence-corrected chi connectivity index (χ1v) is 10.0. The average molecular weight is 387 g/mol. The van der Waals surface area contributed by atoms with Crippen molar-refractivity contribution in [1.82, 2.24) is 24.5 Å².